The summed E-state index contributed by atoms with van der Waals surface area (Å²) < 4.78 is 1.96. The molecular formula is C16H16N6OS. The van der Waals surface area contributed by atoms with Crippen molar-refractivity contribution in [1.29, 1.82) is 0 Å². The number of thiazole rings is 1. The van der Waals surface area contributed by atoms with Crippen molar-refractivity contribution in [3.05, 3.63) is 40.8 Å². The number of anilines is 1. The van der Waals surface area contributed by atoms with Gasteiger partial charge in [-0.15, -0.1) is 10.2 Å². The molecule has 4 aromatic rings. The van der Waals surface area contributed by atoms with E-state index in [-0.39, 0.29) is 11.8 Å². The molecule has 4 rings (SSSR count). The second-order valence-electron chi connectivity index (χ2n) is 5.97. The molecule has 0 unspecified atom stereocenters. The van der Waals surface area contributed by atoms with E-state index in [2.05, 4.69) is 39.6 Å². The number of hydrogen-bond acceptors (Lipinski definition) is 5. The first-order chi connectivity index (χ1) is 11.5. The van der Waals surface area contributed by atoms with E-state index in [4.69, 9.17) is 0 Å². The fourth-order valence-corrected chi connectivity index (χ4v) is 3.69. The lowest BCUT2D eigenvalue weighted by Crippen LogP contribution is -2.12. The zero-order chi connectivity index (χ0) is 16.8. The molecule has 0 bridgehead atoms. The van der Waals surface area contributed by atoms with Gasteiger partial charge in [0.25, 0.3) is 5.91 Å². The highest BCUT2D eigenvalue weighted by Gasteiger charge is 2.21. The number of carbonyl (C=O) groups is 1. The Morgan fingerprint density at radius 1 is 1.33 bits per heavy atom. The third-order valence-corrected chi connectivity index (χ3v) is 5.07. The minimum Gasteiger partial charge on any atom is -0.321 e. The van der Waals surface area contributed by atoms with E-state index in [0.717, 1.165) is 33.1 Å². The predicted molar refractivity (Wildman–Crippen MR) is 93.7 cm³/mol. The lowest BCUT2D eigenvalue weighted by atomic mass is 10.2. The molecule has 0 aliphatic rings. The quantitative estimate of drug-likeness (QED) is 0.598. The van der Waals surface area contributed by atoms with E-state index in [1.165, 1.54) is 11.3 Å². The third-order valence-electron chi connectivity index (χ3n) is 3.94. The van der Waals surface area contributed by atoms with Gasteiger partial charge in [-0.3, -0.25) is 14.3 Å². The van der Waals surface area contributed by atoms with Crippen LogP contribution in [-0.4, -0.2) is 30.7 Å². The Balaban J connectivity index is 1.68. The molecule has 0 aliphatic carbocycles. The van der Waals surface area contributed by atoms with Gasteiger partial charge in [-0.2, -0.15) is 5.10 Å². The number of rotatable bonds is 3. The molecule has 122 valence electrons. The van der Waals surface area contributed by atoms with Crippen molar-refractivity contribution >= 4 is 38.8 Å². The minimum atomic E-state index is -0.142. The van der Waals surface area contributed by atoms with E-state index >= 15 is 0 Å². The molecule has 0 saturated heterocycles. The average molecular weight is 340 g/mol. The molecule has 3 aromatic heterocycles. The van der Waals surface area contributed by atoms with Crippen LogP contribution in [-0.2, 0) is 0 Å². The first kappa shape index (κ1) is 14.8. The first-order valence-electron chi connectivity index (χ1n) is 7.63. The molecule has 8 heteroatoms. The zero-order valence-corrected chi connectivity index (χ0v) is 14.3. The van der Waals surface area contributed by atoms with Crippen molar-refractivity contribution in [2.75, 3.05) is 5.32 Å². The van der Waals surface area contributed by atoms with Gasteiger partial charge in [0.05, 0.1) is 11.7 Å². The number of amides is 1. The van der Waals surface area contributed by atoms with Gasteiger partial charge in [-0.1, -0.05) is 25.2 Å². The average Bonchev–Trinajstić information content (AvgIpc) is 3.23. The fourth-order valence-electron chi connectivity index (χ4n) is 2.72. The number of hydrogen-bond donors (Lipinski definition) is 2. The SMILES string of the molecule is Cc1c(C(=O)Nc2ccc3cn[nH]c3c2)sc2nnc(C(C)C)n12. The second kappa shape index (κ2) is 5.41. The number of aromatic amines is 1. The summed E-state index contributed by atoms with van der Waals surface area (Å²) in [5.74, 6) is 0.972. The standard InChI is InChI=1S/C16H16N6OS/c1-8(2)14-20-21-16-22(14)9(3)13(24-16)15(23)18-11-5-4-10-7-17-19-12(10)6-11/h4-8H,1-3H3,(H,17,19)(H,18,23). The maximum atomic E-state index is 12.7. The highest BCUT2D eigenvalue weighted by atomic mass is 32.1. The van der Waals surface area contributed by atoms with Crippen LogP contribution in [0, 0.1) is 6.92 Å². The van der Waals surface area contributed by atoms with Gasteiger partial charge < -0.3 is 5.32 Å². The molecule has 0 aliphatic heterocycles. The van der Waals surface area contributed by atoms with Crippen LogP contribution in [0.25, 0.3) is 15.9 Å². The van der Waals surface area contributed by atoms with Crippen molar-refractivity contribution in [3.63, 3.8) is 0 Å². The topological polar surface area (TPSA) is 88.0 Å². The Bertz CT molecular complexity index is 1060. The van der Waals surface area contributed by atoms with E-state index in [1.54, 1.807) is 6.20 Å². The number of nitrogens with zero attached hydrogens (tertiary/aromatic N) is 4. The van der Waals surface area contributed by atoms with E-state index in [0.29, 0.717) is 4.88 Å². The Morgan fingerprint density at radius 2 is 2.17 bits per heavy atom. The summed E-state index contributed by atoms with van der Waals surface area (Å²) in [6.07, 6.45) is 1.75. The van der Waals surface area contributed by atoms with Gasteiger partial charge in [0.15, 0.2) is 0 Å². The summed E-state index contributed by atoms with van der Waals surface area (Å²) in [4.78, 5) is 14.1. The molecule has 2 N–H and O–H groups in total. The van der Waals surface area contributed by atoms with Gasteiger partial charge >= 0.3 is 0 Å². The van der Waals surface area contributed by atoms with E-state index in [9.17, 15) is 4.79 Å². The highest BCUT2D eigenvalue weighted by molar-refractivity contribution is 7.19. The molecule has 0 fully saturated rings. The van der Waals surface area contributed by atoms with Crippen LogP contribution in [0.5, 0.6) is 0 Å². The first-order valence-corrected chi connectivity index (χ1v) is 8.45. The molecule has 1 amide bonds. The molecule has 7 nitrogen and oxygen atoms in total. The number of nitrogens with one attached hydrogen (secondary N) is 2. The smallest absolute Gasteiger partial charge is 0.267 e. The van der Waals surface area contributed by atoms with Gasteiger partial charge in [0, 0.05) is 22.7 Å². The largest absolute Gasteiger partial charge is 0.321 e. The number of carbonyl (C=O) groups excluding carboxylic acids is 1. The summed E-state index contributed by atoms with van der Waals surface area (Å²) in [5, 5.41) is 19.2. The number of fused-ring (bicyclic) bond motifs is 2. The Morgan fingerprint density at radius 3 is 2.96 bits per heavy atom. The lowest BCUT2D eigenvalue weighted by molar-refractivity contribution is 0.102. The number of H-pyrrole nitrogens is 1. The van der Waals surface area contributed by atoms with Crippen LogP contribution in [0.3, 0.4) is 0 Å². The molecule has 0 radical (unpaired) electrons. The van der Waals surface area contributed by atoms with Crippen LogP contribution in [0.15, 0.2) is 24.4 Å². The molecule has 0 atom stereocenters. The molecule has 1 aromatic carbocycles. The summed E-state index contributed by atoms with van der Waals surface area (Å²) in [5.41, 5.74) is 2.48. The van der Waals surface area contributed by atoms with Gasteiger partial charge in [-0.05, 0) is 25.1 Å². The van der Waals surface area contributed by atoms with Gasteiger partial charge in [-0.25, -0.2) is 0 Å². The zero-order valence-electron chi connectivity index (χ0n) is 13.5. The summed E-state index contributed by atoms with van der Waals surface area (Å²) >= 11 is 1.35. The highest BCUT2D eigenvalue weighted by Crippen LogP contribution is 2.27. The number of aromatic nitrogens is 5. The predicted octanol–water partition coefficient (Wildman–Crippen LogP) is 3.35. The van der Waals surface area contributed by atoms with E-state index < -0.39 is 0 Å². The third kappa shape index (κ3) is 2.26. The molecule has 24 heavy (non-hydrogen) atoms. The minimum absolute atomic E-state index is 0.142. The normalized spacial score (nSPS) is 11.7. The molecule has 0 saturated carbocycles. The van der Waals surface area contributed by atoms with Crippen LogP contribution < -0.4 is 5.32 Å². The maximum Gasteiger partial charge on any atom is 0.267 e. The van der Waals surface area contributed by atoms with Gasteiger partial charge in [0.1, 0.15) is 10.7 Å². The van der Waals surface area contributed by atoms with Crippen LogP contribution in [0.4, 0.5) is 5.69 Å². The number of aryl methyl sites for hydroxylation is 1. The van der Waals surface area contributed by atoms with Crippen molar-refractivity contribution in [3.8, 4) is 0 Å². The van der Waals surface area contributed by atoms with Gasteiger partial charge in [0.2, 0.25) is 4.96 Å². The Labute approximate surface area is 141 Å². The molecule has 0 spiro atoms. The fraction of sp³-hybridized carbons (Fsp3) is 0.250. The van der Waals surface area contributed by atoms with Crippen molar-refractivity contribution in [1.82, 2.24) is 24.8 Å². The summed E-state index contributed by atoms with van der Waals surface area (Å²) in [7, 11) is 0. The van der Waals surface area contributed by atoms with E-state index in [1.807, 2.05) is 29.5 Å². The van der Waals surface area contributed by atoms with Crippen molar-refractivity contribution in [2.24, 2.45) is 0 Å². The second-order valence-corrected chi connectivity index (χ2v) is 6.95. The molecule has 3 heterocycles. The molecular weight excluding hydrogens is 324 g/mol. The Hall–Kier alpha value is -2.74. The van der Waals surface area contributed by atoms with Crippen LogP contribution in [0.1, 0.15) is 41.0 Å². The lowest BCUT2D eigenvalue weighted by Gasteiger charge is -2.06. The summed E-state index contributed by atoms with van der Waals surface area (Å²) in [6, 6.07) is 5.66. The van der Waals surface area contributed by atoms with Crippen LogP contribution in [0.2, 0.25) is 0 Å². The van der Waals surface area contributed by atoms with Crippen molar-refractivity contribution < 1.29 is 4.79 Å². The van der Waals surface area contributed by atoms with Crippen molar-refractivity contribution in [2.45, 2.75) is 26.7 Å². The van der Waals surface area contributed by atoms with Crippen LogP contribution >= 0.6 is 11.3 Å². The monoisotopic (exact) mass is 340 g/mol. The number of benzene rings is 1. The summed E-state index contributed by atoms with van der Waals surface area (Å²) in [6.45, 7) is 6.05. The maximum absolute atomic E-state index is 12.7. The Kier molecular flexibility index (Phi) is 3.34.